The maximum Gasteiger partial charge on any atom is 0.339 e. The summed E-state index contributed by atoms with van der Waals surface area (Å²) in [6.45, 7) is 0. The highest BCUT2D eigenvalue weighted by atomic mass is 16.5. The van der Waals surface area contributed by atoms with Crippen LogP contribution in [0.2, 0.25) is 0 Å². The Hall–Kier alpha value is -2.89. The van der Waals surface area contributed by atoms with Crippen molar-refractivity contribution in [2.75, 3.05) is 12.4 Å². The van der Waals surface area contributed by atoms with E-state index in [1.54, 1.807) is 36.5 Å². The fraction of sp³-hybridized carbons (Fsp3) is 0.316. The summed E-state index contributed by atoms with van der Waals surface area (Å²) in [5.74, 6) is -0.590. The van der Waals surface area contributed by atoms with Gasteiger partial charge in [0.15, 0.2) is 0 Å². The number of amides is 1. The van der Waals surface area contributed by atoms with Crippen LogP contribution in [0.4, 0.5) is 11.4 Å². The molecule has 1 aromatic heterocycles. The average molecular weight is 339 g/mol. The van der Waals surface area contributed by atoms with E-state index in [9.17, 15) is 9.59 Å². The molecule has 0 radical (unpaired) electrons. The number of aromatic nitrogens is 1. The molecular formula is C19H21N3O3. The Morgan fingerprint density at radius 1 is 1.16 bits per heavy atom. The Labute approximate surface area is 146 Å². The number of nitrogens with one attached hydrogen (secondary N) is 2. The summed E-state index contributed by atoms with van der Waals surface area (Å²) >= 11 is 0. The zero-order chi connectivity index (χ0) is 17.6. The molecule has 2 aromatic rings. The van der Waals surface area contributed by atoms with E-state index in [0.717, 1.165) is 25.7 Å². The lowest BCUT2D eigenvalue weighted by molar-refractivity contribution is 0.0601. The number of carbonyl (C=O) groups is 2. The highest BCUT2D eigenvalue weighted by Crippen LogP contribution is 2.22. The van der Waals surface area contributed by atoms with Crippen molar-refractivity contribution >= 4 is 23.3 Å². The Morgan fingerprint density at radius 2 is 1.92 bits per heavy atom. The number of hydrogen-bond donors (Lipinski definition) is 2. The Bertz CT molecular complexity index is 770. The van der Waals surface area contributed by atoms with Crippen molar-refractivity contribution in [2.45, 2.75) is 31.7 Å². The third-order valence-electron chi connectivity index (χ3n) is 4.29. The van der Waals surface area contributed by atoms with Gasteiger partial charge in [-0.05, 0) is 37.1 Å². The van der Waals surface area contributed by atoms with E-state index in [0.29, 0.717) is 22.6 Å². The summed E-state index contributed by atoms with van der Waals surface area (Å²) in [6.07, 6.45) is 5.94. The van der Waals surface area contributed by atoms with Gasteiger partial charge in [-0.15, -0.1) is 0 Å². The van der Waals surface area contributed by atoms with Crippen LogP contribution in [0.25, 0.3) is 0 Å². The molecule has 130 valence electrons. The van der Waals surface area contributed by atoms with E-state index in [2.05, 4.69) is 15.6 Å². The Morgan fingerprint density at radius 3 is 2.68 bits per heavy atom. The lowest BCUT2D eigenvalue weighted by Gasteiger charge is -2.13. The molecule has 2 N–H and O–H groups in total. The van der Waals surface area contributed by atoms with Gasteiger partial charge >= 0.3 is 5.97 Å². The lowest BCUT2D eigenvalue weighted by Crippen LogP contribution is -2.33. The van der Waals surface area contributed by atoms with Crippen LogP contribution in [0, 0.1) is 0 Å². The second-order valence-corrected chi connectivity index (χ2v) is 6.05. The van der Waals surface area contributed by atoms with Crippen molar-refractivity contribution in [1.82, 2.24) is 10.3 Å². The highest BCUT2D eigenvalue weighted by molar-refractivity contribution is 5.97. The molecule has 6 heteroatoms. The van der Waals surface area contributed by atoms with Gasteiger partial charge in [0, 0.05) is 17.9 Å². The number of pyridine rings is 1. The first kappa shape index (κ1) is 17.0. The molecule has 3 rings (SSSR count). The van der Waals surface area contributed by atoms with Crippen molar-refractivity contribution in [1.29, 1.82) is 0 Å². The van der Waals surface area contributed by atoms with Gasteiger partial charge in [0.05, 0.1) is 18.4 Å². The van der Waals surface area contributed by atoms with Crippen LogP contribution in [0.1, 0.15) is 46.5 Å². The van der Waals surface area contributed by atoms with E-state index >= 15 is 0 Å². The molecule has 0 saturated heterocycles. The van der Waals surface area contributed by atoms with Gasteiger partial charge in [0.1, 0.15) is 5.69 Å². The minimum atomic E-state index is -0.420. The van der Waals surface area contributed by atoms with Gasteiger partial charge in [-0.3, -0.25) is 9.78 Å². The predicted octanol–water partition coefficient (Wildman–Crippen LogP) is 3.28. The maximum atomic E-state index is 12.4. The van der Waals surface area contributed by atoms with E-state index in [4.69, 9.17) is 4.74 Å². The molecular weight excluding hydrogens is 318 g/mol. The fourth-order valence-corrected chi connectivity index (χ4v) is 3.00. The monoisotopic (exact) mass is 339 g/mol. The van der Waals surface area contributed by atoms with E-state index in [1.165, 1.54) is 7.11 Å². The van der Waals surface area contributed by atoms with Gasteiger partial charge in [0.2, 0.25) is 0 Å². The molecule has 1 aliphatic rings. The number of anilines is 2. The smallest absolute Gasteiger partial charge is 0.339 e. The molecule has 1 aromatic carbocycles. The van der Waals surface area contributed by atoms with Gasteiger partial charge in [-0.2, -0.15) is 0 Å². The predicted molar refractivity (Wildman–Crippen MR) is 95.0 cm³/mol. The zero-order valence-corrected chi connectivity index (χ0v) is 14.1. The summed E-state index contributed by atoms with van der Waals surface area (Å²) in [5.41, 5.74) is 2.08. The second kappa shape index (κ2) is 7.79. The van der Waals surface area contributed by atoms with Gasteiger partial charge in [-0.1, -0.05) is 25.0 Å². The minimum Gasteiger partial charge on any atom is -0.465 e. The molecule has 0 unspecified atom stereocenters. The lowest BCUT2D eigenvalue weighted by atomic mass is 10.1. The number of carbonyl (C=O) groups excluding carboxylic acids is 2. The molecule has 25 heavy (non-hydrogen) atoms. The molecule has 1 fully saturated rings. The maximum absolute atomic E-state index is 12.4. The largest absolute Gasteiger partial charge is 0.465 e. The summed E-state index contributed by atoms with van der Waals surface area (Å²) < 4.78 is 4.80. The topological polar surface area (TPSA) is 80.3 Å². The molecule has 1 saturated carbocycles. The molecule has 0 bridgehead atoms. The van der Waals surface area contributed by atoms with Crippen molar-refractivity contribution in [3.05, 3.63) is 53.9 Å². The van der Waals surface area contributed by atoms with Crippen LogP contribution >= 0.6 is 0 Å². The molecule has 0 atom stereocenters. The van der Waals surface area contributed by atoms with E-state index in [-0.39, 0.29) is 11.9 Å². The number of esters is 1. The second-order valence-electron chi connectivity index (χ2n) is 6.05. The van der Waals surface area contributed by atoms with E-state index < -0.39 is 5.97 Å². The fourth-order valence-electron chi connectivity index (χ4n) is 3.00. The molecule has 0 aliphatic heterocycles. The number of rotatable bonds is 5. The number of hydrogen-bond acceptors (Lipinski definition) is 5. The normalized spacial score (nSPS) is 14.1. The van der Waals surface area contributed by atoms with E-state index in [1.807, 2.05) is 6.07 Å². The van der Waals surface area contributed by atoms with Crippen molar-refractivity contribution in [2.24, 2.45) is 0 Å². The van der Waals surface area contributed by atoms with Crippen LogP contribution in [0.3, 0.4) is 0 Å². The number of benzene rings is 1. The van der Waals surface area contributed by atoms with Crippen molar-refractivity contribution < 1.29 is 14.3 Å². The minimum absolute atomic E-state index is 0.170. The van der Waals surface area contributed by atoms with Crippen LogP contribution in [0.15, 0.2) is 42.6 Å². The molecule has 1 amide bonds. The van der Waals surface area contributed by atoms with Gasteiger partial charge in [0.25, 0.3) is 5.91 Å². The number of ether oxygens (including phenoxy) is 1. The van der Waals surface area contributed by atoms with Crippen LogP contribution in [0.5, 0.6) is 0 Å². The SMILES string of the molecule is COC(=O)c1ccccc1Nc1ccnc(C(=O)NC2CCCC2)c1. The van der Waals surface area contributed by atoms with Crippen molar-refractivity contribution in [3.63, 3.8) is 0 Å². The number of para-hydroxylation sites is 1. The molecule has 1 heterocycles. The Kier molecular flexibility index (Phi) is 5.28. The number of nitrogens with zero attached hydrogens (tertiary/aromatic N) is 1. The summed E-state index contributed by atoms with van der Waals surface area (Å²) in [4.78, 5) is 28.4. The molecule has 0 spiro atoms. The molecule has 6 nitrogen and oxygen atoms in total. The molecule has 1 aliphatic carbocycles. The highest BCUT2D eigenvalue weighted by Gasteiger charge is 2.19. The quantitative estimate of drug-likeness (QED) is 0.817. The first-order valence-electron chi connectivity index (χ1n) is 8.38. The van der Waals surface area contributed by atoms with Gasteiger partial charge in [-0.25, -0.2) is 4.79 Å². The van der Waals surface area contributed by atoms with Gasteiger partial charge < -0.3 is 15.4 Å². The number of methoxy groups -OCH3 is 1. The summed E-state index contributed by atoms with van der Waals surface area (Å²) in [5, 5.41) is 6.18. The van der Waals surface area contributed by atoms with Crippen LogP contribution < -0.4 is 10.6 Å². The Balaban J connectivity index is 1.76. The summed E-state index contributed by atoms with van der Waals surface area (Å²) in [6, 6.07) is 10.7. The average Bonchev–Trinajstić information content (AvgIpc) is 3.15. The van der Waals surface area contributed by atoms with Crippen LogP contribution in [-0.4, -0.2) is 30.0 Å². The van der Waals surface area contributed by atoms with Crippen LogP contribution in [-0.2, 0) is 4.74 Å². The standard InChI is InChI=1S/C19H21N3O3/c1-25-19(24)15-8-4-5-9-16(15)21-14-10-11-20-17(12-14)18(23)22-13-6-2-3-7-13/h4-5,8-13H,2-3,6-7H2,1H3,(H,20,21)(H,22,23). The first-order valence-corrected chi connectivity index (χ1v) is 8.38. The zero-order valence-electron chi connectivity index (χ0n) is 14.1. The first-order chi connectivity index (χ1) is 12.2. The summed E-state index contributed by atoms with van der Waals surface area (Å²) in [7, 11) is 1.34. The van der Waals surface area contributed by atoms with Crippen molar-refractivity contribution in [3.8, 4) is 0 Å². The third kappa shape index (κ3) is 4.15. The third-order valence-corrected chi connectivity index (χ3v) is 4.29.